The van der Waals surface area contributed by atoms with E-state index in [1.165, 1.54) is 0 Å². The number of hydrogen-bond acceptors (Lipinski definition) is 5. The molecule has 136 valence electrons. The van der Waals surface area contributed by atoms with Crippen molar-refractivity contribution in [1.82, 2.24) is 5.06 Å². The number of carbonyl (C=O) groups excluding carboxylic acids is 2. The number of hydroxylamine groups is 2. The Balaban J connectivity index is 2.08. The molecule has 0 radical (unpaired) electrons. The van der Waals surface area contributed by atoms with Crippen LogP contribution in [0.15, 0.2) is 6.07 Å². The number of piperidine rings is 1. The molecule has 1 spiro atoms. The summed E-state index contributed by atoms with van der Waals surface area (Å²) in [5, 5.41) is 2.25. The van der Waals surface area contributed by atoms with E-state index in [-0.39, 0.29) is 0 Å². The highest BCUT2D eigenvalue weighted by atomic mass is 35.5. The number of rotatable bonds is 2. The maximum absolute atomic E-state index is 13.3. The SMILES string of the molecule is CON1CCC2(CC1)OC(=O)C(Cl)(c1c(C)cc(C)c(Cl)c1C)C2=O. The maximum Gasteiger partial charge on any atom is 0.340 e. The average molecular weight is 386 g/mol. The molecule has 2 heterocycles. The van der Waals surface area contributed by atoms with Gasteiger partial charge in [0.1, 0.15) is 0 Å². The molecular formula is C18H21Cl2NO4. The average Bonchev–Trinajstić information content (AvgIpc) is 2.75. The lowest BCUT2D eigenvalue weighted by Crippen LogP contribution is -2.50. The molecule has 0 N–H and O–H groups in total. The molecule has 0 saturated carbocycles. The van der Waals surface area contributed by atoms with E-state index in [4.69, 9.17) is 32.8 Å². The lowest BCUT2D eigenvalue weighted by atomic mass is 9.79. The van der Waals surface area contributed by atoms with Gasteiger partial charge in [0.2, 0.25) is 10.7 Å². The third-order valence-corrected chi connectivity index (χ3v) is 6.40. The van der Waals surface area contributed by atoms with Crippen molar-refractivity contribution in [1.29, 1.82) is 0 Å². The monoisotopic (exact) mass is 385 g/mol. The molecule has 1 aromatic carbocycles. The van der Waals surface area contributed by atoms with Gasteiger partial charge >= 0.3 is 5.97 Å². The minimum absolute atomic E-state index is 0.359. The molecule has 1 aromatic rings. The summed E-state index contributed by atoms with van der Waals surface area (Å²) < 4.78 is 5.60. The summed E-state index contributed by atoms with van der Waals surface area (Å²) in [6.07, 6.45) is 0.717. The van der Waals surface area contributed by atoms with E-state index in [0.29, 0.717) is 42.1 Å². The molecule has 0 aromatic heterocycles. The third kappa shape index (κ3) is 2.60. The largest absolute Gasteiger partial charge is 0.449 e. The van der Waals surface area contributed by atoms with Gasteiger partial charge in [0, 0.05) is 31.0 Å². The highest BCUT2D eigenvalue weighted by Gasteiger charge is 2.66. The molecule has 0 bridgehead atoms. The molecular weight excluding hydrogens is 365 g/mol. The zero-order valence-electron chi connectivity index (χ0n) is 14.7. The number of alkyl halides is 1. The Morgan fingerprint density at radius 3 is 2.32 bits per heavy atom. The van der Waals surface area contributed by atoms with Gasteiger partial charge in [-0.25, -0.2) is 4.79 Å². The number of aryl methyl sites for hydroxylation is 2. The van der Waals surface area contributed by atoms with Crippen molar-refractivity contribution in [3.63, 3.8) is 0 Å². The Kier molecular flexibility index (Phi) is 4.65. The first-order valence-electron chi connectivity index (χ1n) is 8.20. The topological polar surface area (TPSA) is 55.8 Å². The van der Waals surface area contributed by atoms with Crippen molar-refractivity contribution in [2.24, 2.45) is 0 Å². The lowest BCUT2D eigenvalue weighted by molar-refractivity contribution is -0.184. The summed E-state index contributed by atoms with van der Waals surface area (Å²) in [7, 11) is 1.58. The van der Waals surface area contributed by atoms with Crippen LogP contribution in [-0.2, 0) is 24.0 Å². The minimum atomic E-state index is -1.85. The molecule has 2 aliphatic heterocycles. The lowest BCUT2D eigenvalue weighted by Gasteiger charge is -2.35. The van der Waals surface area contributed by atoms with E-state index >= 15 is 0 Å². The number of carbonyl (C=O) groups is 2. The summed E-state index contributed by atoms with van der Waals surface area (Å²) in [5.74, 6) is -1.11. The fraction of sp³-hybridized carbons (Fsp3) is 0.556. The van der Waals surface area contributed by atoms with Crippen molar-refractivity contribution in [3.05, 3.63) is 33.3 Å². The van der Waals surface area contributed by atoms with Crippen LogP contribution >= 0.6 is 23.2 Å². The maximum atomic E-state index is 13.3. The molecule has 5 nitrogen and oxygen atoms in total. The second-order valence-electron chi connectivity index (χ2n) is 6.81. The van der Waals surface area contributed by atoms with Crippen LogP contribution in [0.5, 0.6) is 0 Å². The summed E-state index contributed by atoms with van der Waals surface area (Å²) in [6, 6.07) is 1.84. The van der Waals surface area contributed by atoms with Crippen molar-refractivity contribution < 1.29 is 19.2 Å². The van der Waals surface area contributed by atoms with E-state index in [0.717, 1.165) is 11.1 Å². The van der Waals surface area contributed by atoms with Crippen molar-refractivity contribution in [3.8, 4) is 0 Å². The summed E-state index contributed by atoms with van der Waals surface area (Å²) >= 11 is 13.1. The number of ether oxygens (including phenoxy) is 1. The number of ketones is 1. The number of esters is 1. The Bertz CT molecular complexity index is 756. The first-order chi connectivity index (χ1) is 11.7. The minimum Gasteiger partial charge on any atom is -0.449 e. The molecule has 0 amide bonds. The van der Waals surface area contributed by atoms with Gasteiger partial charge in [0.15, 0.2) is 5.60 Å². The van der Waals surface area contributed by atoms with Crippen LogP contribution in [0, 0.1) is 20.8 Å². The van der Waals surface area contributed by atoms with E-state index in [2.05, 4.69) is 0 Å². The molecule has 25 heavy (non-hydrogen) atoms. The third-order valence-electron chi connectivity index (χ3n) is 5.31. The quantitative estimate of drug-likeness (QED) is 0.444. The number of hydrogen-bond donors (Lipinski definition) is 0. The predicted molar refractivity (Wildman–Crippen MR) is 94.8 cm³/mol. The van der Waals surface area contributed by atoms with Crippen LogP contribution in [0.4, 0.5) is 0 Å². The Morgan fingerprint density at radius 1 is 1.16 bits per heavy atom. The van der Waals surface area contributed by atoms with Crippen LogP contribution in [-0.4, -0.2) is 42.6 Å². The van der Waals surface area contributed by atoms with Crippen LogP contribution in [0.2, 0.25) is 5.02 Å². The van der Waals surface area contributed by atoms with E-state index in [1.54, 1.807) is 19.1 Å². The molecule has 7 heteroatoms. The normalized spacial score (nSPS) is 26.3. The molecule has 2 saturated heterocycles. The van der Waals surface area contributed by atoms with E-state index in [9.17, 15) is 9.59 Å². The standard InChI is InChI=1S/C18H21Cl2NO4/c1-10-9-11(2)14(19)12(3)13(10)18(20)15(22)17(25-16(18)23)5-7-21(24-4)8-6-17/h9H,5-8H2,1-4H3. The van der Waals surface area contributed by atoms with Crippen LogP contribution in [0.1, 0.15) is 35.1 Å². The molecule has 2 aliphatic rings. The van der Waals surface area contributed by atoms with E-state index in [1.807, 2.05) is 19.9 Å². The van der Waals surface area contributed by atoms with Gasteiger partial charge < -0.3 is 9.57 Å². The Hall–Kier alpha value is -1.14. The smallest absolute Gasteiger partial charge is 0.340 e. The van der Waals surface area contributed by atoms with Gasteiger partial charge in [-0.1, -0.05) is 29.3 Å². The highest BCUT2D eigenvalue weighted by molar-refractivity contribution is 6.48. The van der Waals surface area contributed by atoms with Gasteiger partial charge in [-0.3, -0.25) is 4.79 Å². The fourth-order valence-electron chi connectivity index (χ4n) is 3.97. The molecule has 2 fully saturated rings. The molecule has 1 unspecified atom stereocenters. The summed E-state index contributed by atoms with van der Waals surface area (Å²) in [5.41, 5.74) is 1.54. The highest BCUT2D eigenvalue weighted by Crippen LogP contribution is 2.50. The van der Waals surface area contributed by atoms with Crippen LogP contribution < -0.4 is 0 Å². The van der Waals surface area contributed by atoms with Crippen LogP contribution in [0.3, 0.4) is 0 Å². The summed E-state index contributed by atoms with van der Waals surface area (Å²) in [6.45, 7) is 6.48. The van der Waals surface area contributed by atoms with Crippen molar-refractivity contribution >= 4 is 35.0 Å². The summed E-state index contributed by atoms with van der Waals surface area (Å²) in [4.78, 5) is 29.4. The first-order valence-corrected chi connectivity index (χ1v) is 8.96. The number of nitrogens with zero attached hydrogens (tertiary/aromatic N) is 1. The Morgan fingerprint density at radius 2 is 1.76 bits per heavy atom. The second kappa shape index (κ2) is 6.23. The molecule has 0 aliphatic carbocycles. The Labute approximate surface area is 157 Å². The van der Waals surface area contributed by atoms with Gasteiger partial charge in [-0.15, -0.1) is 0 Å². The number of Topliss-reactive ketones (excluding diaryl/α,β-unsaturated/α-hetero) is 1. The van der Waals surface area contributed by atoms with Crippen molar-refractivity contribution in [2.75, 3.05) is 20.2 Å². The van der Waals surface area contributed by atoms with Gasteiger partial charge in [0.05, 0.1) is 7.11 Å². The van der Waals surface area contributed by atoms with E-state index < -0.39 is 22.2 Å². The zero-order valence-corrected chi connectivity index (χ0v) is 16.3. The molecule has 1 atom stereocenters. The zero-order chi connectivity index (χ0) is 18.6. The number of benzene rings is 1. The van der Waals surface area contributed by atoms with Crippen LogP contribution in [0.25, 0.3) is 0 Å². The fourth-order valence-corrected chi connectivity index (χ4v) is 4.62. The van der Waals surface area contributed by atoms with Crippen molar-refractivity contribution in [2.45, 2.75) is 44.1 Å². The van der Waals surface area contributed by atoms with Gasteiger partial charge in [-0.05, 0) is 43.0 Å². The number of halogens is 2. The first kappa shape index (κ1) is 18.6. The van der Waals surface area contributed by atoms with Gasteiger partial charge in [-0.2, -0.15) is 5.06 Å². The predicted octanol–water partition coefficient (Wildman–Crippen LogP) is 3.22. The molecule has 3 rings (SSSR count). The second-order valence-corrected chi connectivity index (χ2v) is 7.75. The van der Waals surface area contributed by atoms with Gasteiger partial charge in [0.25, 0.3) is 0 Å².